The molecule has 0 spiro atoms. The third kappa shape index (κ3) is 4.48. The third-order valence-electron chi connectivity index (χ3n) is 3.73. The van der Waals surface area contributed by atoms with Crippen LogP contribution in [0.15, 0.2) is 60.9 Å². The summed E-state index contributed by atoms with van der Waals surface area (Å²) in [6.45, 7) is 1.48. The van der Waals surface area contributed by atoms with Crippen molar-refractivity contribution in [3.8, 4) is 5.69 Å². The van der Waals surface area contributed by atoms with Gasteiger partial charge in [-0.15, -0.1) is 0 Å². The van der Waals surface area contributed by atoms with Crippen molar-refractivity contribution in [1.82, 2.24) is 9.78 Å². The standard InChI is InChI=1S/C19H15Cl2N3O3/c1-12(18(25)23-16-5-2-4-15(20)17(16)21)27-19(26)13-6-8-14(9-7-13)24-11-3-10-22-24/h2-12H,1H3,(H,23,25). The van der Waals surface area contributed by atoms with Crippen LogP contribution in [-0.2, 0) is 9.53 Å². The molecule has 138 valence electrons. The van der Waals surface area contributed by atoms with Gasteiger partial charge >= 0.3 is 5.97 Å². The zero-order valence-corrected chi connectivity index (χ0v) is 15.7. The Morgan fingerprint density at radius 2 is 1.85 bits per heavy atom. The molecular weight excluding hydrogens is 389 g/mol. The molecule has 27 heavy (non-hydrogen) atoms. The van der Waals surface area contributed by atoms with Crippen molar-refractivity contribution in [1.29, 1.82) is 0 Å². The minimum atomic E-state index is -1.02. The lowest BCUT2D eigenvalue weighted by Crippen LogP contribution is -2.30. The van der Waals surface area contributed by atoms with Gasteiger partial charge in [-0.25, -0.2) is 9.48 Å². The number of aromatic nitrogens is 2. The molecule has 0 saturated heterocycles. The number of carbonyl (C=O) groups is 2. The summed E-state index contributed by atoms with van der Waals surface area (Å²) in [5.41, 5.74) is 1.48. The van der Waals surface area contributed by atoms with Gasteiger partial charge in [0.2, 0.25) is 0 Å². The number of nitrogens with one attached hydrogen (secondary N) is 1. The molecular formula is C19H15Cl2N3O3. The Balaban J connectivity index is 1.63. The van der Waals surface area contributed by atoms with Crippen molar-refractivity contribution < 1.29 is 14.3 Å². The maximum Gasteiger partial charge on any atom is 0.338 e. The highest BCUT2D eigenvalue weighted by Crippen LogP contribution is 2.29. The number of amides is 1. The fourth-order valence-electron chi connectivity index (χ4n) is 2.29. The summed E-state index contributed by atoms with van der Waals surface area (Å²) < 4.78 is 6.89. The third-order valence-corrected chi connectivity index (χ3v) is 4.55. The van der Waals surface area contributed by atoms with E-state index in [9.17, 15) is 9.59 Å². The van der Waals surface area contributed by atoms with E-state index in [1.807, 2.05) is 0 Å². The fourth-order valence-corrected chi connectivity index (χ4v) is 2.64. The van der Waals surface area contributed by atoms with E-state index in [1.54, 1.807) is 65.6 Å². The van der Waals surface area contributed by atoms with E-state index in [2.05, 4.69) is 10.4 Å². The van der Waals surface area contributed by atoms with Crippen LogP contribution in [0, 0.1) is 0 Å². The molecule has 1 N–H and O–H groups in total. The van der Waals surface area contributed by atoms with Crippen molar-refractivity contribution in [3.05, 3.63) is 76.5 Å². The van der Waals surface area contributed by atoms with Crippen molar-refractivity contribution in [2.24, 2.45) is 0 Å². The van der Waals surface area contributed by atoms with Crippen LogP contribution in [0.5, 0.6) is 0 Å². The van der Waals surface area contributed by atoms with E-state index in [4.69, 9.17) is 27.9 Å². The van der Waals surface area contributed by atoms with Crippen molar-refractivity contribution in [3.63, 3.8) is 0 Å². The molecule has 0 aliphatic carbocycles. The molecule has 0 aliphatic heterocycles. The van der Waals surface area contributed by atoms with Crippen molar-refractivity contribution in [2.45, 2.75) is 13.0 Å². The summed E-state index contributed by atoms with van der Waals surface area (Å²) in [6.07, 6.45) is 2.44. The van der Waals surface area contributed by atoms with Gasteiger partial charge in [-0.05, 0) is 49.4 Å². The Hall–Kier alpha value is -2.83. The first kappa shape index (κ1) is 18.9. The Kier molecular flexibility index (Phi) is 5.78. The number of rotatable bonds is 5. The number of esters is 1. The molecule has 2 aromatic carbocycles. The number of ether oxygens (including phenoxy) is 1. The zero-order valence-electron chi connectivity index (χ0n) is 14.2. The number of nitrogens with zero attached hydrogens (tertiary/aromatic N) is 2. The molecule has 0 radical (unpaired) electrons. The first-order chi connectivity index (χ1) is 13.0. The summed E-state index contributed by atoms with van der Waals surface area (Å²) >= 11 is 12.0. The van der Waals surface area contributed by atoms with Crippen LogP contribution in [0.4, 0.5) is 5.69 Å². The minimum Gasteiger partial charge on any atom is -0.449 e. The summed E-state index contributed by atoms with van der Waals surface area (Å²) in [4.78, 5) is 24.5. The number of anilines is 1. The molecule has 3 aromatic rings. The molecule has 1 aromatic heterocycles. The molecule has 0 saturated carbocycles. The van der Waals surface area contributed by atoms with E-state index in [-0.39, 0.29) is 5.02 Å². The predicted octanol–water partition coefficient (Wildman–Crippen LogP) is 4.36. The average Bonchev–Trinajstić information content (AvgIpc) is 3.20. The largest absolute Gasteiger partial charge is 0.449 e. The van der Waals surface area contributed by atoms with Gasteiger partial charge in [0.25, 0.3) is 5.91 Å². The van der Waals surface area contributed by atoms with E-state index in [0.29, 0.717) is 16.3 Å². The molecule has 8 heteroatoms. The molecule has 1 atom stereocenters. The van der Waals surface area contributed by atoms with Gasteiger partial charge in [0.05, 0.1) is 27.0 Å². The van der Waals surface area contributed by atoms with E-state index < -0.39 is 18.0 Å². The van der Waals surface area contributed by atoms with Crippen LogP contribution < -0.4 is 5.32 Å². The monoisotopic (exact) mass is 403 g/mol. The van der Waals surface area contributed by atoms with Crippen molar-refractivity contribution >= 4 is 40.8 Å². The Bertz CT molecular complexity index is 957. The van der Waals surface area contributed by atoms with E-state index in [1.165, 1.54) is 6.92 Å². The normalized spacial score (nSPS) is 11.7. The van der Waals surface area contributed by atoms with Gasteiger partial charge in [0.1, 0.15) is 0 Å². The lowest BCUT2D eigenvalue weighted by atomic mass is 10.2. The summed E-state index contributed by atoms with van der Waals surface area (Å²) in [5.74, 6) is -1.12. The van der Waals surface area contributed by atoms with Crippen LogP contribution in [0.3, 0.4) is 0 Å². The molecule has 1 unspecified atom stereocenters. The van der Waals surface area contributed by atoms with Crippen molar-refractivity contribution in [2.75, 3.05) is 5.32 Å². The maximum atomic E-state index is 12.3. The van der Waals surface area contributed by atoms with Crippen LogP contribution in [0.2, 0.25) is 10.0 Å². The summed E-state index contributed by atoms with van der Waals surface area (Å²) in [6, 6.07) is 13.4. The highest BCUT2D eigenvalue weighted by molar-refractivity contribution is 6.44. The molecule has 0 fully saturated rings. The first-order valence-corrected chi connectivity index (χ1v) is 8.77. The van der Waals surface area contributed by atoms with E-state index in [0.717, 1.165) is 5.69 Å². The van der Waals surface area contributed by atoms with Gasteiger partial charge in [-0.3, -0.25) is 4.79 Å². The second-order valence-electron chi connectivity index (χ2n) is 5.64. The number of halogens is 2. The van der Waals surface area contributed by atoms with Gasteiger partial charge in [-0.1, -0.05) is 29.3 Å². The number of benzene rings is 2. The summed E-state index contributed by atoms with van der Waals surface area (Å²) in [7, 11) is 0. The molecule has 1 amide bonds. The predicted molar refractivity (Wildman–Crippen MR) is 104 cm³/mol. The topological polar surface area (TPSA) is 73.2 Å². The van der Waals surface area contributed by atoms with Crippen LogP contribution in [0.1, 0.15) is 17.3 Å². The van der Waals surface area contributed by atoms with Crippen LogP contribution in [0.25, 0.3) is 5.69 Å². The zero-order chi connectivity index (χ0) is 19.4. The molecule has 0 bridgehead atoms. The highest BCUT2D eigenvalue weighted by Gasteiger charge is 2.20. The molecule has 1 heterocycles. The van der Waals surface area contributed by atoms with Crippen LogP contribution >= 0.6 is 23.2 Å². The van der Waals surface area contributed by atoms with Gasteiger partial charge in [-0.2, -0.15) is 5.10 Å². The maximum absolute atomic E-state index is 12.3. The fraction of sp³-hybridized carbons (Fsp3) is 0.105. The number of carbonyl (C=O) groups excluding carboxylic acids is 2. The average molecular weight is 404 g/mol. The van der Waals surface area contributed by atoms with Gasteiger partial charge in [0.15, 0.2) is 6.10 Å². The minimum absolute atomic E-state index is 0.222. The molecule has 6 nitrogen and oxygen atoms in total. The molecule has 0 aliphatic rings. The second-order valence-corrected chi connectivity index (χ2v) is 6.42. The van der Waals surface area contributed by atoms with Crippen LogP contribution in [-0.4, -0.2) is 27.8 Å². The highest BCUT2D eigenvalue weighted by atomic mass is 35.5. The SMILES string of the molecule is CC(OC(=O)c1ccc(-n2cccn2)cc1)C(=O)Nc1cccc(Cl)c1Cl. The second kappa shape index (κ2) is 8.24. The summed E-state index contributed by atoms with van der Waals surface area (Å²) in [5, 5.41) is 7.24. The van der Waals surface area contributed by atoms with Gasteiger partial charge < -0.3 is 10.1 Å². The Morgan fingerprint density at radius 1 is 1.11 bits per heavy atom. The van der Waals surface area contributed by atoms with Gasteiger partial charge in [0, 0.05) is 12.4 Å². The lowest BCUT2D eigenvalue weighted by molar-refractivity contribution is -0.123. The Labute approximate surface area is 165 Å². The number of hydrogen-bond donors (Lipinski definition) is 1. The lowest BCUT2D eigenvalue weighted by Gasteiger charge is -2.14. The molecule has 3 rings (SSSR count). The number of hydrogen-bond acceptors (Lipinski definition) is 4. The quantitative estimate of drug-likeness (QED) is 0.642. The van der Waals surface area contributed by atoms with E-state index >= 15 is 0 Å². The smallest absolute Gasteiger partial charge is 0.338 e. The first-order valence-electron chi connectivity index (χ1n) is 8.01. The Morgan fingerprint density at radius 3 is 2.52 bits per heavy atom.